The predicted octanol–water partition coefficient (Wildman–Crippen LogP) is 2.86. The summed E-state index contributed by atoms with van der Waals surface area (Å²) in [7, 11) is 3.03. The van der Waals surface area contributed by atoms with Gasteiger partial charge in [-0.15, -0.1) is 0 Å². The fraction of sp³-hybridized carbons (Fsp3) is 0.182. The zero-order chi connectivity index (χ0) is 22.6. The SMILES string of the molecule is COc1cc([C@@H]2c3ccc(O)cc3Oc3nc(N)c(C#N)c(N)c32)c(OC)c2c1OCO2. The molecule has 2 aromatic carbocycles. The molecule has 0 aliphatic carbocycles. The number of phenolic OH excluding ortho intramolecular Hbond substituents is 1. The number of hydrogen-bond donors (Lipinski definition) is 3. The summed E-state index contributed by atoms with van der Waals surface area (Å²) < 4.78 is 28.4. The van der Waals surface area contributed by atoms with E-state index in [4.69, 9.17) is 35.2 Å². The predicted molar refractivity (Wildman–Crippen MR) is 113 cm³/mol. The average Bonchev–Trinajstić information content (AvgIpc) is 3.26. The molecule has 0 amide bonds. The number of anilines is 2. The Bertz CT molecular complexity index is 1320. The van der Waals surface area contributed by atoms with Crippen molar-refractivity contribution in [2.45, 2.75) is 5.92 Å². The van der Waals surface area contributed by atoms with Crippen LogP contribution in [0.15, 0.2) is 24.3 Å². The van der Waals surface area contributed by atoms with Crippen molar-refractivity contribution in [2.24, 2.45) is 0 Å². The van der Waals surface area contributed by atoms with E-state index < -0.39 is 5.92 Å². The van der Waals surface area contributed by atoms with Crippen LogP contribution in [-0.2, 0) is 0 Å². The minimum absolute atomic E-state index is 0.00997. The number of pyridine rings is 1. The lowest BCUT2D eigenvalue weighted by Gasteiger charge is -2.30. The van der Waals surface area contributed by atoms with Gasteiger partial charge in [0, 0.05) is 23.1 Å². The van der Waals surface area contributed by atoms with Crippen LogP contribution in [0, 0.1) is 11.3 Å². The number of nitriles is 1. The number of hydrogen-bond acceptors (Lipinski definition) is 10. The van der Waals surface area contributed by atoms with Crippen molar-refractivity contribution < 1.29 is 28.8 Å². The zero-order valence-electron chi connectivity index (χ0n) is 17.1. The second-order valence-corrected chi connectivity index (χ2v) is 7.14. The van der Waals surface area contributed by atoms with Gasteiger partial charge in [0.15, 0.2) is 11.5 Å². The molecule has 2 aliphatic rings. The van der Waals surface area contributed by atoms with Crippen LogP contribution < -0.4 is 35.2 Å². The fourth-order valence-electron chi connectivity index (χ4n) is 4.13. The van der Waals surface area contributed by atoms with Crippen molar-refractivity contribution in [1.29, 1.82) is 5.26 Å². The highest BCUT2D eigenvalue weighted by Gasteiger charge is 2.38. The summed E-state index contributed by atoms with van der Waals surface area (Å²) >= 11 is 0. The minimum atomic E-state index is -0.604. The number of methoxy groups -OCH3 is 2. The van der Waals surface area contributed by atoms with E-state index in [1.165, 1.54) is 26.4 Å². The van der Waals surface area contributed by atoms with Crippen molar-refractivity contribution in [2.75, 3.05) is 32.5 Å². The van der Waals surface area contributed by atoms with Crippen LogP contribution in [0.5, 0.6) is 40.4 Å². The Kier molecular flexibility index (Phi) is 4.27. The van der Waals surface area contributed by atoms with Crippen molar-refractivity contribution in [3.63, 3.8) is 0 Å². The molecule has 32 heavy (non-hydrogen) atoms. The molecule has 3 aromatic rings. The van der Waals surface area contributed by atoms with E-state index in [1.807, 2.05) is 6.07 Å². The lowest BCUT2D eigenvalue weighted by Crippen LogP contribution is -2.18. The van der Waals surface area contributed by atoms with Crippen molar-refractivity contribution in [3.8, 4) is 46.4 Å². The highest BCUT2D eigenvalue weighted by molar-refractivity contribution is 5.77. The number of nitrogen functional groups attached to an aromatic ring is 2. The minimum Gasteiger partial charge on any atom is -0.508 e. The van der Waals surface area contributed by atoms with Crippen LogP contribution in [0.25, 0.3) is 0 Å². The van der Waals surface area contributed by atoms with Gasteiger partial charge in [-0.05, 0) is 12.1 Å². The van der Waals surface area contributed by atoms with Gasteiger partial charge in [0.25, 0.3) is 0 Å². The van der Waals surface area contributed by atoms with E-state index in [-0.39, 0.29) is 35.5 Å². The molecule has 10 nitrogen and oxygen atoms in total. The number of fused-ring (bicyclic) bond motifs is 3. The molecule has 0 fully saturated rings. The molecular weight excluding hydrogens is 416 g/mol. The van der Waals surface area contributed by atoms with Gasteiger partial charge in [-0.3, -0.25) is 0 Å². The average molecular weight is 434 g/mol. The second kappa shape index (κ2) is 7.02. The molecule has 10 heteroatoms. The van der Waals surface area contributed by atoms with Gasteiger partial charge in [0.1, 0.15) is 28.9 Å². The van der Waals surface area contributed by atoms with Crippen LogP contribution in [0.2, 0.25) is 0 Å². The zero-order valence-corrected chi connectivity index (χ0v) is 17.1. The van der Waals surface area contributed by atoms with Gasteiger partial charge in [-0.1, -0.05) is 6.07 Å². The molecule has 1 atom stereocenters. The molecule has 5 N–H and O–H groups in total. The third-order valence-electron chi connectivity index (χ3n) is 5.51. The lowest BCUT2D eigenvalue weighted by molar-refractivity contribution is 0.168. The molecule has 162 valence electrons. The van der Waals surface area contributed by atoms with E-state index in [0.717, 1.165) is 0 Å². The Labute approximate surface area is 182 Å². The van der Waals surface area contributed by atoms with Gasteiger partial charge in [0.2, 0.25) is 24.2 Å². The van der Waals surface area contributed by atoms with Crippen molar-refractivity contribution in [1.82, 2.24) is 4.98 Å². The third kappa shape index (κ3) is 2.61. The van der Waals surface area contributed by atoms with Gasteiger partial charge >= 0.3 is 0 Å². The van der Waals surface area contributed by atoms with Crippen LogP contribution in [0.3, 0.4) is 0 Å². The topological polar surface area (TPSA) is 155 Å². The van der Waals surface area contributed by atoms with Crippen LogP contribution >= 0.6 is 0 Å². The van der Waals surface area contributed by atoms with E-state index in [9.17, 15) is 10.4 Å². The van der Waals surface area contributed by atoms with Crippen LogP contribution in [-0.4, -0.2) is 31.1 Å². The quantitative estimate of drug-likeness (QED) is 0.438. The fourth-order valence-corrected chi connectivity index (χ4v) is 4.13. The first-order chi connectivity index (χ1) is 15.5. The van der Waals surface area contributed by atoms with E-state index >= 15 is 0 Å². The second-order valence-electron chi connectivity index (χ2n) is 7.14. The monoisotopic (exact) mass is 434 g/mol. The van der Waals surface area contributed by atoms with E-state index in [0.29, 0.717) is 45.4 Å². The number of nitrogens with zero attached hydrogens (tertiary/aromatic N) is 2. The summed E-state index contributed by atoms with van der Waals surface area (Å²) in [6, 6.07) is 8.46. The first-order valence-corrected chi connectivity index (χ1v) is 9.52. The number of aromatic hydroxyl groups is 1. The van der Waals surface area contributed by atoms with Crippen molar-refractivity contribution >= 4 is 11.5 Å². The number of aromatic nitrogens is 1. The molecule has 0 spiro atoms. The summed E-state index contributed by atoms with van der Waals surface area (Å²) in [5.74, 6) is 1.49. The molecule has 0 saturated carbocycles. The molecule has 3 heterocycles. The maximum absolute atomic E-state index is 10.0. The van der Waals surface area contributed by atoms with Crippen LogP contribution in [0.4, 0.5) is 11.5 Å². The Morgan fingerprint density at radius 1 is 1.12 bits per heavy atom. The molecule has 0 radical (unpaired) electrons. The van der Waals surface area contributed by atoms with Crippen molar-refractivity contribution in [3.05, 3.63) is 46.5 Å². The highest BCUT2D eigenvalue weighted by atomic mass is 16.7. The van der Waals surface area contributed by atoms with Gasteiger partial charge in [-0.2, -0.15) is 10.2 Å². The maximum Gasteiger partial charge on any atom is 0.231 e. The molecule has 0 bridgehead atoms. The Balaban J connectivity index is 1.88. The van der Waals surface area contributed by atoms with Gasteiger partial charge < -0.3 is 40.3 Å². The number of nitrogens with two attached hydrogens (primary N) is 2. The first-order valence-electron chi connectivity index (χ1n) is 9.52. The smallest absolute Gasteiger partial charge is 0.231 e. The standard InChI is InChI=1S/C22H18N4O6/c1-28-14-6-11(18(29-2)20-19(14)30-8-31-20)15-10-4-3-9(27)5-13(10)32-22-16(15)17(24)12(7-23)21(25)26-22/h3-6,15,27H,8H2,1-2H3,(H4,24,25,26)/t15-/m0/s1. The summed E-state index contributed by atoms with van der Waals surface area (Å²) in [5, 5.41) is 19.6. The molecule has 1 aromatic heterocycles. The Hall–Kier alpha value is -4.52. The largest absolute Gasteiger partial charge is 0.508 e. The van der Waals surface area contributed by atoms with Gasteiger partial charge in [-0.25, -0.2) is 0 Å². The molecule has 2 aliphatic heterocycles. The molecule has 0 unspecified atom stereocenters. The molecular formula is C22H18N4O6. The van der Waals surface area contributed by atoms with E-state index in [2.05, 4.69) is 4.98 Å². The van der Waals surface area contributed by atoms with E-state index in [1.54, 1.807) is 12.1 Å². The van der Waals surface area contributed by atoms with Gasteiger partial charge in [0.05, 0.1) is 25.5 Å². The maximum atomic E-state index is 10.0. The Morgan fingerprint density at radius 3 is 2.62 bits per heavy atom. The highest BCUT2D eigenvalue weighted by Crippen LogP contribution is 2.57. The normalized spacial score (nSPS) is 15.2. The first kappa shape index (κ1) is 19.4. The summed E-state index contributed by atoms with van der Waals surface area (Å²) in [6.07, 6.45) is 0. The Morgan fingerprint density at radius 2 is 1.91 bits per heavy atom. The number of rotatable bonds is 3. The summed E-state index contributed by atoms with van der Waals surface area (Å²) in [6.45, 7) is 0.0130. The number of phenols is 1. The third-order valence-corrected chi connectivity index (χ3v) is 5.51. The number of ether oxygens (including phenoxy) is 5. The lowest BCUT2D eigenvalue weighted by atomic mass is 9.81. The van der Waals surface area contributed by atoms with Crippen LogP contribution in [0.1, 0.15) is 28.2 Å². The number of benzene rings is 2. The molecule has 5 rings (SSSR count). The molecule has 0 saturated heterocycles. The summed E-state index contributed by atoms with van der Waals surface area (Å²) in [5.41, 5.74) is 14.2. The summed E-state index contributed by atoms with van der Waals surface area (Å²) in [4.78, 5) is 4.26.